The Labute approximate surface area is 120 Å². The highest BCUT2D eigenvalue weighted by atomic mass is 79.9. The molecule has 0 atom stereocenters. The molecule has 6 heteroatoms. The molecule has 1 aromatic rings. The van der Waals surface area contributed by atoms with Gasteiger partial charge in [0.2, 0.25) is 5.91 Å². The molecule has 1 fully saturated rings. The fraction of sp³-hybridized carbons (Fsp3) is 0.385. The maximum absolute atomic E-state index is 11.8. The van der Waals surface area contributed by atoms with Crippen LogP contribution in [-0.2, 0) is 4.79 Å². The number of halogens is 1. The van der Waals surface area contributed by atoms with Gasteiger partial charge in [-0.2, -0.15) is 0 Å². The second kappa shape index (κ2) is 6.68. The highest BCUT2D eigenvalue weighted by Crippen LogP contribution is 2.11. The van der Waals surface area contributed by atoms with Crippen molar-refractivity contribution in [1.29, 1.82) is 0 Å². The van der Waals surface area contributed by atoms with Crippen LogP contribution in [0.2, 0.25) is 0 Å². The second-order valence-corrected chi connectivity index (χ2v) is 5.33. The summed E-state index contributed by atoms with van der Waals surface area (Å²) < 4.78 is 0.867. The van der Waals surface area contributed by atoms with E-state index in [1.54, 1.807) is 12.1 Å². The van der Waals surface area contributed by atoms with Gasteiger partial charge in [-0.05, 0) is 18.2 Å². The van der Waals surface area contributed by atoms with Crippen LogP contribution < -0.4 is 16.0 Å². The molecule has 0 radical (unpaired) electrons. The van der Waals surface area contributed by atoms with Crippen LogP contribution in [-0.4, -0.2) is 38.0 Å². The van der Waals surface area contributed by atoms with Gasteiger partial charge in [0.25, 0.3) is 5.91 Å². The number of rotatable bonds is 5. The van der Waals surface area contributed by atoms with Crippen LogP contribution in [0, 0.1) is 5.92 Å². The zero-order chi connectivity index (χ0) is 13.7. The molecule has 1 aliphatic rings. The van der Waals surface area contributed by atoms with Gasteiger partial charge in [-0.1, -0.05) is 22.0 Å². The largest absolute Gasteiger partial charge is 0.354 e. The average Bonchev–Trinajstić information content (AvgIpc) is 2.32. The van der Waals surface area contributed by atoms with E-state index in [9.17, 15) is 9.59 Å². The minimum atomic E-state index is -0.138. The standard InChI is InChI=1S/C13H16BrN3O2/c14-11-3-1-2-9(6-11)12(18)16-4-5-17-13(19)10-7-15-8-10/h1-3,6,10,15H,4-5,7-8H2,(H,16,18)(H,17,19). The summed E-state index contributed by atoms with van der Waals surface area (Å²) >= 11 is 3.32. The molecular weight excluding hydrogens is 310 g/mol. The van der Waals surface area contributed by atoms with Crippen molar-refractivity contribution in [3.8, 4) is 0 Å². The Balaban J connectivity index is 1.67. The van der Waals surface area contributed by atoms with Gasteiger partial charge in [-0.15, -0.1) is 0 Å². The molecule has 1 heterocycles. The Hall–Kier alpha value is -1.40. The van der Waals surface area contributed by atoms with Gasteiger partial charge in [0.1, 0.15) is 0 Å². The lowest BCUT2D eigenvalue weighted by molar-refractivity contribution is -0.126. The monoisotopic (exact) mass is 325 g/mol. The average molecular weight is 326 g/mol. The van der Waals surface area contributed by atoms with E-state index in [2.05, 4.69) is 31.9 Å². The summed E-state index contributed by atoms with van der Waals surface area (Å²) in [5.41, 5.74) is 0.601. The number of nitrogens with one attached hydrogen (secondary N) is 3. The molecule has 2 rings (SSSR count). The van der Waals surface area contributed by atoms with Gasteiger partial charge < -0.3 is 16.0 Å². The van der Waals surface area contributed by atoms with Crippen molar-refractivity contribution >= 4 is 27.7 Å². The molecule has 1 aliphatic heterocycles. The summed E-state index contributed by atoms with van der Waals surface area (Å²) in [6.45, 7) is 2.37. The van der Waals surface area contributed by atoms with E-state index in [0.29, 0.717) is 18.7 Å². The minimum absolute atomic E-state index is 0.0513. The van der Waals surface area contributed by atoms with Gasteiger partial charge >= 0.3 is 0 Å². The van der Waals surface area contributed by atoms with Crippen LogP contribution in [0.3, 0.4) is 0 Å². The van der Waals surface area contributed by atoms with E-state index < -0.39 is 0 Å². The van der Waals surface area contributed by atoms with Gasteiger partial charge in [-0.25, -0.2) is 0 Å². The second-order valence-electron chi connectivity index (χ2n) is 4.41. The van der Waals surface area contributed by atoms with Gasteiger partial charge in [0, 0.05) is 36.2 Å². The normalized spacial score (nSPS) is 14.6. The van der Waals surface area contributed by atoms with Crippen LogP contribution in [0.5, 0.6) is 0 Å². The van der Waals surface area contributed by atoms with E-state index in [4.69, 9.17) is 0 Å². The van der Waals surface area contributed by atoms with Crippen molar-refractivity contribution in [2.75, 3.05) is 26.2 Å². The summed E-state index contributed by atoms with van der Waals surface area (Å²) in [5.74, 6) is -0.00269. The van der Waals surface area contributed by atoms with Gasteiger partial charge in [0.15, 0.2) is 0 Å². The molecule has 19 heavy (non-hydrogen) atoms. The predicted molar refractivity (Wildman–Crippen MR) is 75.8 cm³/mol. The molecule has 0 bridgehead atoms. The quantitative estimate of drug-likeness (QED) is 0.691. The Morgan fingerprint density at radius 1 is 1.26 bits per heavy atom. The first-order valence-electron chi connectivity index (χ1n) is 6.19. The van der Waals surface area contributed by atoms with Crippen LogP contribution in [0.1, 0.15) is 10.4 Å². The van der Waals surface area contributed by atoms with Crippen LogP contribution in [0.15, 0.2) is 28.7 Å². The Morgan fingerprint density at radius 3 is 2.63 bits per heavy atom. The van der Waals surface area contributed by atoms with Gasteiger partial charge in [-0.3, -0.25) is 9.59 Å². The summed E-state index contributed by atoms with van der Waals surface area (Å²) in [6.07, 6.45) is 0. The molecule has 3 N–H and O–H groups in total. The Morgan fingerprint density at radius 2 is 2.00 bits per heavy atom. The van der Waals surface area contributed by atoms with E-state index in [0.717, 1.165) is 17.6 Å². The molecule has 0 spiro atoms. The molecule has 0 aromatic heterocycles. The fourth-order valence-electron chi connectivity index (χ4n) is 1.71. The molecule has 2 amide bonds. The summed E-state index contributed by atoms with van der Waals surface area (Å²) in [4.78, 5) is 23.3. The molecule has 5 nitrogen and oxygen atoms in total. The lowest BCUT2D eigenvalue weighted by Gasteiger charge is -2.25. The molecule has 0 aliphatic carbocycles. The SMILES string of the molecule is O=C(NCCNC(=O)C1CNC1)c1cccc(Br)c1. The minimum Gasteiger partial charge on any atom is -0.354 e. The zero-order valence-electron chi connectivity index (χ0n) is 10.4. The molecule has 0 saturated carbocycles. The molecule has 1 aromatic carbocycles. The highest BCUT2D eigenvalue weighted by Gasteiger charge is 2.24. The summed E-state index contributed by atoms with van der Waals surface area (Å²) in [5, 5.41) is 8.61. The van der Waals surface area contributed by atoms with E-state index in [-0.39, 0.29) is 17.7 Å². The van der Waals surface area contributed by atoms with Crippen molar-refractivity contribution < 1.29 is 9.59 Å². The molecular formula is C13H16BrN3O2. The van der Waals surface area contributed by atoms with Crippen molar-refractivity contribution in [2.24, 2.45) is 5.92 Å². The summed E-state index contributed by atoms with van der Waals surface area (Å²) in [7, 11) is 0. The van der Waals surface area contributed by atoms with E-state index in [1.807, 2.05) is 12.1 Å². The van der Waals surface area contributed by atoms with Crippen LogP contribution in [0.4, 0.5) is 0 Å². The molecule has 1 saturated heterocycles. The number of benzene rings is 1. The lowest BCUT2D eigenvalue weighted by atomic mass is 10.0. The number of carbonyl (C=O) groups excluding carboxylic acids is 2. The van der Waals surface area contributed by atoms with E-state index >= 15 is 0 Å². The number of hydrogen-bond acceptors (Lipinski definition) is 3. The van der Waals surface area contributed by atoms with E-state index in [1.165, 1.54) is 0 Å². The maximum atomic E-state index is 11.8. The number of amides is 2. The first kappa shape index (κ1) is 14.0. The third-order valence-corrected chi connectivity index (χ3v) is 3.44. The first-order valence-corrected chi connectivity index (χ1v) is 6.98. The first-order chi connectivity index (χ1) is 9.16. The topological polar surface area (TPSA) is 70.2 Å². The van der Waals surface area contributed by atoms with Gasteiger partial charge in [0.05, 0.1) is 5.92 Å². The van der Waals surface area contributed by atoms with Crippen molar-refractivity contribution in [3.63, 3.8) is 0 Å². The van der Waals surface area contributed by atoms with Crippen molar-refractivity contribution in [1.82, 2.24) is 16.0 Å². The van der Waals surface area contributed by atoms with Crippen LogP contribution in [0.25, 0.3) is 0 Å². The highest BCUT2D eigenvalue weighted by molar-refractivity contribution is 9.10. The van der Waals surface area contributed by atoms with Crippen LogP contribution >= 0.6 is 15.9 Å². The maximum Gasteiger partial charge on any atom is 0.251 e. The number of hydrogen-bond donors (Lipinski definition) is 3. The van der Waals surface area contributed by atoms with Crippen molar-refractivity contribution in [2.45, 2.75) is 0 Å². The number of carbonyl (C=O) groups is 2. The fourth-order valence-corrected chi connectivity index (χ4v) is 2.11. The third-order valence-electron chi connectivity index (χ3n) is 2.95. The third kappa shape index (κ3) is 4.04. The Kier molecular flexibility index (Phi) is 4.93. The zero-order valence-corrected chi connectivity index (χ0v) is 12.0. The lowest BCUT2D eigenvalue weighted by Crippen LogP contribution is -2.51. The molecule has 0 unspecified atom stereocenters. The van der Waals surface area contributed by atoms with Crippen molar-refractivity contribution in [3.05, 3.63) is 34.3 Å². The Bertz CT molecular complexity index is 475. The molecule has 102 valence electrons. The summed E-state index contributed by atoms with van der Waals surface area (Å²) in [6, 6.07) is 7.18. The predicted octanol–water partition coefficient (Wildman–Crippen LogP) is 0.515. The smallest absolute Gasteiger partial charge is 0.251 e.